The monoisotopic (exact) mass is 517 g/mol. The minimum absolute atomic E-state index is 0.0241. The summed E-state index contributed by atoms with van der Waals surface area (Å²) >= 11 is 0. The first-order chi connectivity index (χ1) is 16.6. The van der Waals surface area contributed by atoms with Crippen LogP contribution in [0.2, 0.25) is 0 Å². The average Bonchev–Trinajstić information content (AvgIpc) is 2.85. The van der Waals surface area contributed by atoms with Crippen molar-refractivity contribution in [2.75, 3.05) is 25.5 Å². The van der Waals surface area contributed by atoms with Gasteiger partial charge in [0.2, 0.25) is 20.0 Å². The van der Waals surface area contributed by atoms with Crippen molar-refractivity contribution in [2.24, 2.45) is 0 Å². The van der Waals surface area contributed by atoms with Crippen LogP contribution in [-0.4, -0.2) is 42.9 Å². The molecule has 1 amide bonds. The standard InChI is InChI=1S/C24H27N3O6S2/c1-18-8-11-22(34(29,30)25-2)16-23(18)27-24(28)17-33-20-9-12-21(13-10-20)35(31,32)26-15-14-19-6-4-3-5-7-19/h3-13,16,25-26H,14-15,17H2,1-2H3,(H,27,28). The maximum Gasteiger partial charge on any atom is 0.262 e. The number of hydrogen-bond donors (Lipinski definition) is 3. The van der Waals surface area contributed by atoms with E-state index < -0.39 is 26.0 Å². The van der Waals surface area contributed by atoms with Crippen LogP contribution in [0.25, 0.3) is 0 Å². The van der Waals surface area contributed by atoms with E-state index in [0.717, 1.165) is 5.56 Å². The number of hydrogen-bond acceptors (Lipinski definition) is 6. The molecule has 3 N–H and O–H groups in total. The van der Waals surface area contributed by atoms with Crippen molar-refractivity contribution in [1.29, 1.82) is 0 Å². The molecule has 9 nitrogen and oxygen atoms in total. The lowest BCUT2D eigenvalue weighted by atomic mass is 10.2. The Morgan fingerprint density at radius 2 is 1.51 bits per heavy atom. The van der Waals surface area contributed by atoms with Crippen LogP contribution >= 0.6 is 0 Å². The van der Waals surface area contributed by atoms with Gasteiger partial charge in [-0.3, -0.25) is 4.79 Å². The molecule has 0 atom stereocenters. The van der Waals surface area contributed by atoms with Gasteiger partial charge in [-0.05, 0) is 67.9 Å². The molecule has 0 unspecified atom stereocenters. The Labute approximate surface area is 205 Å². The number of carbonyl (C=O) groups is 1. The largest absolute Gasteiger partial charge is 0.484 e. The third-order valence-corrected chi connectivity index (χ3v) is 8.00. The van der Waals surface area contributed by atoms with Crippen LogP contribution in [0.1, 0.15) is 11.1 Å². The summed E-state index contributed by atoms with van der Waals surface area (Å²) < 4.78 is 59.2. The summed E-state index contributed by atoms with van der Waals surface area (Å²) in [6.07, 6.45) is 0.569. The van der Waals surface area contributed by atoms with Crippen LogP contribution in [0.5, 0.6) is 5.75 Å². The van der Waals surface area contributed by atoms with Crippen molar-refractivity contribution in [3.8, 4) is 5.75 Å². The molecule has 0 spiro atoms. The second-order valence-electron chi connectivity index (χ2n) is 7.63. The SMILES string of the molecule is CNS(=O)(=O)c1ccc(C)c(NC(=O)COc2ccc(S(=O)(=O)NCCc3ccccc3)cc2)c1. The van der Waals surface area contributed by atoms with Gasteiger partial charge < -0.3 is 10.1 Å². The Kier molecular flexibility index (Phi) is 8.62. The molecule has 11 heteroatoms. The van der Waals surface area contributed by atoms with Gasteiger partial charge >= 0.3 is 0 Å². The van der Waals surface area contributed by atoms with E-state index in [2.05, 4.69) is 14.8 Å². The molecule has 0 saturated heterocycles. The first kappa shape index (κ1) is 26.4. The number of carbonyl (C=O) groups excluding carboxylic acids is 1. The molecular formula is C24H27N3O6S2. The van der Waals surface area contributed by atoms with Crippen molar-refractivity contribution >= 4 is 31.6 Å². The molecule has 3 rings (SSSR count). The van der Waals surface area contributed by atoms with E-state index in [4.69, 9.17) is 4.74 Å². The van der Waals surface area contributed by atoms with Crippen molar-refractivity contribution < 1.29 is 26.4 Å². The summed E-state index contributed by atoms with van der Waals surface area (Å²) in [4.78, 5) is 12.4. The Balaban J connectivity index is 1.54. The van der Waals surface area contributed by atoms with Gasteiger partial charge in [-0.1, -0.05) is 36.4 Å². The highest BCUT2D eigenvalue weighted by molar-refractivity contribution is 7.89. The van der Waals surface area contributed by atoms with Crippen LogP contribution in [-0.2, 0) is 31.3 Å². The van der Waals surface area contributed by atoms with Gasteiger partial charge in [-0.25, -0.2) is 26.3 Å². The van der Waals surface area contributed by atoms with Gasteiger partial charge in [0.25, 0.3) is 5.91 Å². The number of ether oxygens (including phenoxy) is 1. The van der Waals surface area contributed by atoms with E-state index in [1.165, 1.54) is 43.4 Å². The molecule has 0 fully saturated rings. The highest BCUT2D eigenvalue weighted by Crippen LogP contribution is 2.20. The number of rotatable bonds is 11. The average molecular weight is 518 g/mol. The van der Waals surface area contributed by atoms with Crippen LogP contribution in [0, 0.1) is 6.92 Å². The molecule has 186 valence electrons. The van der Waals surface area contributed by atoms with Gasteiger partial charge in [0.1, 0.15) is 5.75 Å². The third-order valence-electron chi connectivity index (χ3n) is 5.11. The molecule has 0 saturated carbocycles. The van der Waals surface area contributed by atoms with Gasteiger partial charge in [0.05, 0.1) is 9.79 Å². The van der Waals surface area contributed by atoms with Gasteiger partial charge in [0, 0.05) is 12.2 Å². The van der Waals surface area contributed by atoms with Crippen molar-refractivity contribution in [3.05, 3.63) is 83.9 Å². The van der Waals surface area contributed by atoms with Crippen LogP contribution in [0.3, 0.4) is 0 Å². The molecular weight excluding hydrogens is 490 g/mol. The first-order valence-electron chi connectivity index (χ1n) is 10.7. The zero-order valence-corrected chi connectivity index (χ0v) is 20.9. The lowest BCUT2D eigenvalue weighted by Crippen LogP contribution is -2.26. The topological polar surface area (TPSA) is 131 Å². The van der Waals surface area contributed by atoms with Crippen LogP contribution < -0.4 is 19.5 Å². The van der Waals surface area contributed by atoms with E-state index in [1.807, 2.05) is 30.3 Å². The van der Waals surface area contributed by atoms with E-state index in [1.54, 1.807) is 13.0 Å². The molecule has 0 aromatic heterocycles. The Hall–Kier alpha value is -3.25. The van der Waals surface area contributed by atoms with E-state index in [-0.39, 0.29) is 22.9 Å². The molecule has 0 radical (unpaired) electrons. The highest BCUT2D eigenvalue weighted by Gasteiger charge is 2.16. The van der Waals surface area contributed by atoms with E-state index >= 15 is 0 Å². The predicted octanol–water partition coefficient (Wildman–Crippen LogP) is 2.44. The summed E-state index contributed by atoms with van der Waals surface area (Å²) in [6.45, 7) is 1.66. The maximum absolute atomic E-state index is 12.5. The second kappa shape index (κ2) is 11.5. The lowest BCUT2D eigenvalue weighted by molar-refractivity contribution is -0.118. The fourth-order valence-electron chi connectivity index (χ4n) is 3.13. The second-order valence-corrected chi connectivity index (χ2v) is 11.3. The number of benzene rings is 3. The normalized spacial score (nSPS) is 11.7. The summed E-state index contributed by atoms with van der Waals surface area (Å²) in [7, 11) is -6.03. The van der Waals surface area contributed by atoms with Crippen molar-refractivity contribution in [2.45, 2.75) is 23.1 Å². The third kappa shape index (κ3) is 7.36. The zero-order valence-electron chi connectivity index (χ0n) is 19.3. The molecule has 0 aliphatic carbocycles. The van der Waals surface area contributed by atoms with Crippen LogP contribution in [0.4, 0.5) is 5.69 Å². The molecule has 3 aromatic rings. The van der Waals surface area contributed by atoms with Gasteiger partial charge in [-0.2, -0.15) is 0 Å². The van der Waals surface area contributed by atoms with Crippen molar-refractivity contribution in [3.63, 3.8) is 0 Å². The molecule has 0 bridgehead atoms. The molecule has 0 aliphatic rings. The summed E-state index contributed by atoms with van der Waals surface area (Å²) in [6, 6.07) is 19.7. The molecule has 0 heterocycles. The number of nitrogens with one attached hydrogen (secondary N) is 3. The molecule has 0 aliphatic heterocycles. The van der Waals surface area contributed by atoms with E-state index in [0.29, 0.717) is 23.4 Å². The Morgan fingerprint density at radius 1 is 0.857 bits per heavy atom. The molecule has 35 heavy (non-hydrogen) atoms. The van der Waals surface area contributed by atoms with Crippen molar-refractivity contribution in [1.82, 2.24) is 9.44 Å². The summed E-state index contributed by atoms with van der Waals surface area (Å²) in [5, 5.41) is 2.63. The Bertz CT molecular complexity index is 1370. The van der Waals surface area contributed by atoms with Crippen LogP contribution in [0.15, 0.2) is 82.6 Å². The molecule has 3 aromatic carbocycles. The smallest absolute Gasteiger partial charge is 0.262 e. The lowest BCUT2D eigenvalue weighted by Gasteiger charge is -2.12. The number of amides is 1. The highest BCUT2D eigenvalue weighted by atomic mass is 32.2. The number of anilines is 1. The fraction of sp³-hybridized carbons (Fsp3) is 0.208. The zero-order chi connectivity index (χ0) is 25.5. The van der Waals surface area contributed by atoms with Gasteiger partial charge in [0.15, 0.2) is 6.61 Å². The predicted molar refractivity (Wildman–Crippen MR) is 133 cm³/mol. The Morgan fingerprint density at radius 3 is 2.17 bits per heavy atom. The number of sulfonamides is 2. The minimum atomic E-state index is -3.68. The van der Waals surface area contributed by atoms with E-state index in [9.17, 15) is 21.6 Å². The number of aryl methyl sites for hydroxylation is 1. The fourth-order valence-corrected chi connectivity index (χ4v) is 4.92. The van der Waals surface area contributed by atoms with Gasteiger partial charge in [-0.15, -0.1) is 0 Å². The summed E-state index contributed by atoms with van der Waals surface area (Å²) in [5.74, 6) is -0.182. The minimum Gasteiger partial charge on any atom is -0.484 e. The summed E-state index contributed by atoms with van der Waals surface area (Å²) in [5.41, 5.74) is 2.06. The quantitative estimate of drug-likeness (QED) is 0.358. The first-order valence-corrected chi connectivity index (χ1v) is 13.7. The maximum atomic E-state index is 12.5.